The second kappa shape index (κ2) is 5.86. The molecule has 0 bridgehead atoms. The van der Waals surface area contributed by atoms with Crippen LogP contribution in [0.15, 0.2) is 23.1 Å². The van der Waals surface area contributed by atoms with E-state index in [0.29, 0.717) is 24.7 Å². The van der Waals surface area contributed by atoms with Gasteiger partial charge in [-0.15, -0.1) is 0 Å². The van der Waals surface area contributed by atoms with Gasteiger partial charge in [-0.05, 0) is 29.3 Å². The van der Waals surface area contributed by atoms with E-state index in [4.69, 9.17) is 9.47 Å². The molecule has 1 heterocycles. The minimum Gasteiger partial charge on any atom is -0.768 e. The molecule has 6 heteroatoms. The van der Waals surface area contributed by atoms with E-state index in [0.717, 1.165) is 6.42 Å². The maximum absolute atomic E-state index is 10.7. The van der Waals surface area contributed by atoms with Gasteiger partial charge in [0.25, 0.3) is 0 Å². The second-order valence-electron chi connectivity index (χ2n) is 2.89. The molecule has 0 amide bonds. The van der Waals surface area contributed by atoms with E-state index in [9.17, 15) is 8.76 Å². The van der Waals surface area contributed by atoms with Crippen LogP contribution in [0, 0.1) is 0 Å². The average molecular weight is 236 g/mol. The summed E-state index contributed by atoms with van der Waals surface area (Å²) < 4.78 is 32.1. The Morgan fingerprint density at radius 2 is 1.87 bits per heavy atom. The first-order valence-corrected chi connectivity index (χ1v) is 5.34. The third-order valence-electron chi connectivity index (χ3n) is 1.91. The monoisotopic (exact) mass is 236 g/mol. The molecule has 0 saturated heterocycles. The topological polar surface area (TPSA) is 58.6 Å². The minimum absolute atomic E-state index is 0. The van der Waals surface area contributed by atoms with Crippen molar-refractivity contribution in [3.8, 4) is 11.5 Å². The van der Waals surface area contributed by atoms with E-state index < -0.39 is 11.1 Å². The number of fused-ring (bicyclic) bond motifs is 1. The van der Waals surface area contributed by atoms with Crippen molar-refractivity contribution in [2.45, 2.75) is 11.3 Å². The van der Waals surface area contributed by atoms with Crippen molar-refractivity contribution >= 4 is 11.1 Å². The van der Waals surface area contributed by atoms with Gasteiger partial charge in [0.15, 0.2) is 11.5 Å². The molecule has 0 saturated carbocycles. The molecule has 0 aromatic heterocycles. The Morgan fingerprint density at radius 1 is 1.20 bits per heavy atom. The van der Waals surface area contributed by atoms with E-state index in [1.807, 2.05) is 0 Å². The summed E-state index contributed by atoms with van der Waals surface area (Å²) in [5.41, 5.74) is 0. The Labute approximate surface area is 113 Å². The Kier molecular flexibility index (Phi) is 5.08. The molecule has 1 aliphatic rings. The van der Waals surface area contributed by atoms with Gasteiger partial charge in [0.1, 0.15) is 0 Å². The zero-order valence-electron chi connectivity index (χ0n) is 8.39. The summed E-state index contributed by atoms with van der Waals surface area (Å²) in [6.45, 7) is 1.16. The van der Waals surface area contributed by atoms with Crippen LogP contribution >= 0.6 is 0 Å². The van der Waals surface area contributed by atoms with Gasteiger partial charge in [0, 0.05) is 11.3 Å². The van der Waals surface area contributed by atoms with Crippen molar-refractivity contribution in [3.63, 3.8) is 0 Å². The van der Waals surface area contributed by atoms with Crippen LogP contribution in [0.4, 0.5) is 0 Å². The average Bonchev–Trinajstić information content (AvgIpc) is 2.41. The first-order chi connectivity index (χ1) is 6.77. The van der Waals surface area contributed by atoms with Gasteiger partial charge in [-0.1, -0.05) is 0 Å². The van der Waals surface area contributed by atoms with Crippen molar-refractivity contribution in [1.29, 1.82) is 0 Å². The van der Waals surface area contributed by atoms with E-state index in [1.54, 1.807) is 6.07 Å². The minimum atomic E-state index is -2.22. The van der Waals surface area contributed by atoms with Gasteiger partial charge < -0.3 is 14.0 Å². The van der Waals surface area contributed by atoms with Gasteiger partial charge in [0.2, 0.25) is 0 Å². The van der Waals surface area contributed by atoms with Gasteiger partial charge in [-0.2, -0.15) is 0 Å². The zero-order valence-corrected chi connectivity index (χ0v) is 11.2. The fourth-order valence-electron chi connectivity index (χ4n) is 1.25. The van der Waals surface area contributed by atoms with Crippen LogP contribution in [-0.4, -0.2) is 22.0 Å². The SMILES string of the molecule is O=S([O-])c1ccc2c(c1)OCCCO2.[Na+]. The summed E-state index contributed by atoms with van der Waals surface area (Å²) in [6.07, 6.45) is 0.810. The standard InChI is InChI=1S/C9H10O4S.Na/c10-14(11)7-2-3-8-9(6-7)13-5-1-4-12-8;/h2-3,6H,1,4-5H2,(H,10,11);/q;+1/p-1. The molecule has 1 unspecified atom stereocenters. The zero-order chi connectivity index (χ0) is 9.97. The number of hydrogen-bond acceptors (Lipinski definition) is 4. The number of rotatable bonds is 1. The molecule has 1 aromatic carbocycles. The van der Waals surface area contributed by atoms with Crippen LogP contribution in [0.2, 0.25) is 0 Å². The van der Waals surface area contributed by atoms with Crippen molar-refractivity contribution in [3.05, 3.63) is 18.2 Å². The van der Waals surface area contributed by atoms with E-state index in [2.05, 4.69) is 0 Å². The summed E-state index contributed by atoms with van der Waals surface area (Å²) in [5.74, 6) is 1.11. The molecule has 1 atom stereocenters. The Balaban J connectivity index is 0.00000112. The van der Waals surface area contributed by atoms with E-state index in [1.165, 1.54) is 12.1 Å². The summed E-state index contributed by atoms with van der Waals surface area (Å²) in [4.78, 5) is 0.217. The van der Waals surface area contributed by atoms with Gasteiger partial charge >= 0.3 is 29.6 Å². The molecule has 0 spiro atoms. The van der Waals surface area contributed by atoms with E-state index >= 15 is 0 Å². The molecule has 2 rings (SSSR count). The number of hydrogen-bond donors (Lipinski definition) is 0. The van der Waals surface area contributed by atoms with Gasteiger partial charge in [-0.25, -0.2) is 0 Å². The molecule has 15 heavy (non-hydrogen) atoms. The first kappa shape index (κ1) is 13.0. The summed E-state index contributed by atoms with van der Waals surface area (Å²) >= 11 is -2.22. The normalized spacial score (nSPS) is 16.1. The van der Waals surface area contributed by atoms with Crippen molar-refractivity contribution in [2.24, 2.45) is 0 Å². The Morgan fingerprint density at radius 3 is 2.53 bits per heavy atom. The van der Waals surface area contributed by atoms with Crippen LogP contribution in [0.3, 0.4) is 0 Å². The molecule has 0 fully saturated rings. The quantitative estimate of drug-likeness (QED) is 0.422. The maximum atomic E-state index is 10.7. The fourth-order valence-corrected chi connectivity index (χ4v) is 1.63. The van der Waals surface area contributed by atoms with Gasteiger partial charge in [-0.3, -0.25) is 4.21 Å². The van der Waals surface area contributed by atoms with Crippen molar-refractivity contribution in [1.82, 2.24) is 0 Å². The third kappa shape index (κ3) is 3.19. The molecular formula is C9H9NaO4S. The molecule has 1 aromatic rings. The summed E-state index contributed by atoms with van der Waals surface area (Å²) in [6, 6.07) is 4.59. The molecule has 1 aliphatic heterocycles. The third-order valence-corrected chi connectivity index (χ3v) is 2.55. The molecular weight excluding hydrogens is 227 g/mol. The first-order valence-electron chi connectivity index (χ1n) is 4.26. The predicted octanol–water partition coefficient (Wildman–Crippen LogP) is -1.91. The van der Waals surface area contributed by atoms with Crippen LogP contribution < -0.4 is 39.0 Å². The molecule has 0 aliphatic carbocycles. The number of ether oxygens (including phenoxy) is 2. The largest absolute Gasteiger partial charge is 1.00 e. The summed E-state index contributed by atoms with van der Waals surface area (Å²) in [7, 11) is 0. The van der Waals surface area contributed by atoms with E-state index in [-0.39, 0.29) is 34.5 Å². The fraction of sp³-hybridized carbons (Fsp3) is 0.333. The Bertz CT molecular complexity index is 369. The predicted molar refractivity (Wildman–Crippen MR) is 49.2 cm³/mol. The van der Waals surface area contributed by atoms with Crippen molar-refractivity contribution in [2.75, 3.05) is 13.2 Å². The van der Waals surface area contributed by atoms with Crippen molar-refractivity contribution < 1.29 is 47.8 Å². The second-order valence-corrected chi connectivity index (χ2v) is 3.83. The molecule has 0 radical (unpaired) electrons. The van der Waals surface area contributed by atoms with Gasteiger partial charge in [0.05, 0.1) is 13.2 Å². The number of benzene rings is 1. The summed E-state index contributed by atoms with van der Waals surface area (Å²) in [5, 5.41) is 0. The van der Waals surface area contributed by atoms with Crippen LogP contribution in [-0.2, 0) is 11.1 Å². The molecule has 76 valence electrons. The van der Waals surface area contributed by atoms with Crippen LogP contribution in [0.1, 0.15) is 6.42 Å². The Hall–Kier alpha value is -0.0700. The smallest absolute Gasteiger partial charge is 0.768 e. The van der Waals surface area contributed by atoms with Crippen LogP contribution in [0.5, 0.6) is 11.5 Å². The molecule has 4 nitrogen and oxygen atoms in total. The van der Waals surface area contributed by atoms with Crippen LogP contribution in [0.25, 0.3) is 0 Å². The maximum Gasteiger partial charge on any atom is 1.00 e. The molecule has 0 N–H and O–H groups in total.